The number of hydrogen-bond donors (Lipinski definition) is 0. The Morgan fingerprint density at radius 2 is 1.85 bits per heavy atom. The Labute approximate surface area is 121 Å². The zero-order valence-electron chi connectivity index (χ0n) is 13.3. The Hall–Kier alpha value is -0.843. The van der Waals surface area contributed by atoms with Crippen LogP contribution in [-0.4, -0.2) is 36.6 Å². The number of amides is 2. The molecule has 0 aromatic heterocycles. The summed E-state index contributed by atoms with van der Waals surface area (Å²) in [7, 11) is -1.23. The minimum absolute atomic E-state index is 0.0197. The average molecular weight is 295 g/mol. The zero-order chi connectivity index (χ0) is 15.0. The lowest BCUT2D eigenvalue weighted by atomic mass is 10.1. The molecule has 1 aliphatic heterocycles. The Bertz CT molecular complexity index is 476. The van der Waals surface area contributed by atoms with Gasteiger partial charge in [-0.15, -0.1) is 0 Å². The van der Waals surface area contributed by atoms with Crippen LogP contribution in [0.25, 0.3) is 0 Å². The van der Waals surface area contributed by atoms with Crippen LogP contribution in [0.15, 0.2) is 0 Å². The first-order valence-corrected chi connectivity index (χ1v) is 11.2. The third kappa shape index (κ3) is 1.93. The van der Waals surface area contributed by atoms with Crippen LogP contribution in [-0.2, 0) is 9.53 Å². The van der Waals surface area contributed by atoms with E-state index in [1.165, 1.54) is 4.90 Å². The molecule has 112 valence electrons. The molecule has 3 aliphatic rings. The molecule has 2 saturated carbocycles. The molecule has 1 unspecified atom stereocenters. The van der Waals surface area contributed by atoms with E-state index in [0.29, 0.717) is 17.4 Å². The van der Waals surface area contributed by atoms with Gasteiger partial charge in [0.2, 0.25) is 5.91 Å². The van der Waals surface area contributed by atoms with Gasteiger partial charge in [0.25, 0.3) is 0 Å². The lowest BCUT2D eigenvalue weighted by Crippen LogP contribution is -2.45. The van der Waals surface area contributed by atoms with Gasteiger partial charge < -0.3 is 4.74 Å². The van der Waals surface area contributed by atoms with Crippen molar-refractivity contribution in [3.05, 3.63) is 0 Å². The molecule has 0 aromatic rings. The van der Waals surface area contributed by atoms with Crippen LogP contribution in [0, 0.1) is 17.8 Å². The summed E-state index contributed by atoms with van der Waals surface area (Å²) in [6.07, 6.45) is 0.434. The number of carbonyl (C=O) groups excluding carboxylic acids is 2. The molecule has 2 bridgehead atoms. The minimum atomic E-state index is -1.23. The van der Waals surface area contributed by atoms with E-state index in [0.717, 1.165) is 6.42 Å². The molecule has 3 fully saturated rings. The Balaban J connectivity index is 1.78. The van der Waals surface area contributed by atoms with E-state index in [-0.39, 0.29) is 17.9 Å². The van der Waals surface area contributed by atoms with Crippen molar-refractivity contribution in [2.75, 3.05) is 0 Å². The van der Waals surface area contributed by atoms with Crippen LogP contribution in [0.1, 0.15) is 27.2 Å². The van der Waals surface area contributed by atoms with Gasteiger partial charge in [-0.05, 0) is 44.6 Å². The summed E-state index contributed by atoms with van der Waals surface area (Å²) in [6, 6.07) is 0.115. The molecule has 3 rings (SSSR count). The molecule has 4 nitrogen and oxygen atoms in total. The fraction of sp³-hybridized carbons (Fsp3) is 0.867. The van der Waals surface area contributed by atoms with Crippen molar-refractivity contribution in [3.8, 4) is 0 Å². The van der Waals surface area contributed by atoms with E-state index in [2.05, 4.69) is 19.6 Å². The fourth-order valence-electron chi connectivity index (χ4n) is 4.52. The molecule has 5 heteroatoms. The third-order valence-electron chi connectivity index (χ3n) is 5.01. The zero-order valence-corrected chi connectivity index (χ0v) is 14.3. The maximum absolute atomic E-state index is 12.4. The number of carbonyl (C=O) groups is 2. The van der Waals surface area contributed by atoms with E-state index in [9.17, 15) is 9.59 Å². The first kappa shape index (κ1) is 14.1. The molecule has 0 aromatic carbocycles. The summed E-state index contributed by atoms with van der Waals surface area (Å²) in [5.74, 6) is 1.25. The second-order valence-corrected chi connectivity index (χ2v) is 14.0. The maximum atomic E-state index is 12.4. The SMILES string of the molecule is CC(C)(C)OC(=O)N1C(=O)[C@@H]2C[C@H]1[C@@H]1C([Si](C)(C)C)[C@@H]12. The number of nitrogens with zero attached hydrogens (tertiary/aromatic N) is 1. The van der Waals surface area contributed by atoms with Gasteiger partial charge in [0, 0.05) is 20.0 Å². The molecular weight excluding hydrogens is 270 g/mol. The quantitative estimate of drug-likeness (QED) is 0.698. The van der Waals surface area contributed by atoms with Crippen molar-refractivity contribution in [1.29, 1.82) is 0 Å². The molecule has 5 atom stereocenters. The maximum Gasteiger partial charge on any atom is 0.417 e. The number of fused-ring (bicyclic) bond motifs is 5. The van der Waals surface area contributed by atoms with Gasteiger partial charge in [-0.1, -0.05) is 19.6 Å². The van der Waals surface area contributed by atoms with Gasteiger partial charge in [-0.25, -0.2) is 9.69 Å². The molecule has 2 amide bonds. The van der Waals surface area contributed by atoms with Crippen LogP contribution in [0.2, 0.25) is 25.2 Å². The predicted molar refractivity (Wildman–Crippen MR) is 79.1 cm³/mol. The molecule has 0 radical (unpaired) electrons. The Morgan fingerprint density at radius 1 is 1.25 bits per heavy atom. The van der Waals surface area contributed by atoms with E-state index in [1.54, 1.807) is 0 Å². The summed E-state index contributed by atoms with van der Waals surface area (Å²) in [5, 5.41) is 0. The van der Waals surface area contributed by atoms with E-state index in [4.69, 9.17) is 4.74 Å². The highest BCUT2D eigenvalue weighted by Crippen LogP contribution is 2.72. The van der Waals surface area contributed by atoms with Crippen molar-refractivity contribution in [3.63, 3.8) is 0 Å². The van der Waals surface area contributed by atoms with Gasteiger partial charge in [0.1, 0.15) is 5.60 Å². The summed E-state index contributed by atoms with van der Waals surface area (Å²) in [4.78, 5) is 26.2. The van der Waals surface area contributed by atoms with E-state index < -0.39 is 19.8 Å². The average Bonchev–Trinajstić information content (AvgIpc) is 2.77. The number of imide groups is 1. The highest BCUT2D eigenvalue weighted by Gasteiger charge is 2.74. The fourth-order valence-corrected chi connectivity index (χ4v) is 7.62. The van der Waals surface area contributed by atoms with Crippen molar-refractivity contribution >= 4 is 20.1 Å². The standard InChI is InChI=1S/C15H25NO3Si/c1-15(2,3)19-14(18)16-9-7-8(13(16)17)10-11(9)12(10)20(4,5)6/h8-12H,7H2,1-6H3/t8-,9+,10-,11+,12?/m1/s1. The van der Waals surface area contributed by atoms with Crippen LogP contribution in [0.3, 0.4) is 0 Å². The molecule has 0 N–H and O–H groups in total. The van der Waals surface area contributed by atoms with Crippen molar-refractivity contribution in [2.45, 2.75) is 64.0 Å². The van der Waals surface area contributed by atoms with Crippen LogP contribution < -0.4 is 0 Å². The van der Waals surface area contributed by atoms with Crippen molar-refractivity contribution in [1.82, 2.24) is 4.90 Å². The molecule has 2 aliphatic carbocycles. The van der Waals surface area contributed by atoms with Gasteiger partial charge in [-0.3, -0.25) is 4.79 Å². The largest absolute Gasteiger partial charge is 0.443 e. The highest BCUT2D eigenvalue weighted by atomic mass is 28.3. The van der Waals surface area contributed by atoms with Crippen molar-refractivity contribution < 1.29 is 14.3 Å². The Kier molecular flexibility index (Phi) is 2.73. The van der Waals surface area contributed by atoms with Crippen molar-refractivity contribution in [2.24, 2.45) is 17.8 Å². The summed E-state index contributed by atoms with van der Waals surface area (Å²) in [6.45, 7) is 12.6. The molecular formula is C15H25NO3Si. The number of piperidine rings is 1. The van der Waals surface area contributed by atoms with Gasteiger partial charge in [0.05, 0.1) is 0 Å². The van der Waals surface area contributed by atoms with Gasteiger partial charge in [0.15, 0.2) is 0 Å². The molecule has 20 heavy (non-hydrogen) atoms. The monoisotopic (exact) mass is 295 g/mol. The summed E-state index contributed by atoms with van der Waals surface area (Å²) < 4.78 is 5.41. The third-order valence-corrected chi connectivity index (χ3v) is 7.78. The number of ether oxygens (including phenoxy) is 1. The first-order chi connectivity index (χ1) is 9.02. The van der Waals surface area contributed by atoms with E-state index in [1.807, 2.05) is 20.8 Å². The first-order valence-electron chi connectivity index (χ1n) is 7.58. The summed E-state index contributed by atoms with van der Waals surface area (Å²) in [5.41, 5.74) is 0.169. The lowest BCUT2D eigenvalue weighted by Gasteiger charge is -2.29. The molecule has 0 spiro atoms. The van der Waals surface area contributed by atoms with Crippen LogP contribution >= 0.6 is 0 Å². The highest BCUT2D eigenvalue weighted by molar-refractivity contribution is 6.78. The number of hydrogen-bond acceptors (Lipinski definition) is 3. The number of likely N-dealkylation sites (tertiary alicyclic amines) is 1. The van der Waals surface area contributed by atoms with Crippen LogP contribution in [0.4, 0.5) is 4.79 Å². The summed E-state index contributed by atoms with van der Waals surface area (Å²) >= 11 is 0. The minimum Gasteiger partial charge on any atom is -0.443 e. The van der Waals surface area contributed by atoms with Crippen LogP contribution in [0.5, 0.6) is 0 Å². The second kappa shape index (κ2) is 3.87. The van der Waals surface area contributed by atoms with E-state index >= 15 is 0 Å². The smallest absolute Gasteiger partial charge is 0.417 e. The Morgan fingerprint density at radius 3 is 2.35 bits per heavy atom. The predicted octanol–water partition coefficient (Wildman–Crippen LogP) is 3.11. The lowest BCUT2D eigenvalue weighted by molar-refractivity contribution is -0.133. The molecule has 1 saturated heterocycles. The number of rotatable bonds is 1. The molecule has 1 heterocycles. The normalized spacial score (nSPS) is 39.0. The van der Waals surface area contributed by atoms with Gasteiger partial charge >= 0.3 is 6.09 Å². The second-order valence-electron chi connectivity index (χ2n) is 8.64. The van der Waals surface area contributed by atoms with Gasteiger partial charge in [-0.2, -0.15) is 0 Å². The topological polar surface area (TPSA) is 46.6 Å².